The average Bonchev–Trinajstić information content (AvgIpc) is 3.09. The third-order valence-electron chi connectivity index (χ3n) is 3.93. The predicted molar refractivity (Wildman–Crippen MR) is 79.3 cm³/mol. The normalized spacial score (nSPS) is 29.5. The van der Waals surface area contributed by atoms with Crippen molar-refractivity contribution in [2.24, 2.45) is 5.92 Å². The molecule has 0 amide bonds. The molecule has 0 spiro atoms. The summed E-state index contributed by atoms with van der Waals surface area (Å²) in [6, 6.07) is 8.18. The zero-order valence-corrected chi connectivity index (χ0v) is 12.1. The second-order valence-electron chi connectivity index (χ2n) is 5.41. The molecular weight excluding hydrogens is 274 g/mol. The number of carboxylic acid groups (broad SMARTS) is 1. The number of rotatable bonds is 4. The van der Waals surface area contributed by atoms with Gasteiger partial charge in [0.05, 0.1) is 5.92 Å². The fourth-order valence-corrected chi connectivity index (χ4v) is 3.87. The van der Waals surface area contributed by atoms with Crippen molar-refractivity contribution in [2.75, 3.05) is 18.1 Å². The van der Waals surface area contributed by atoms with Crippen molar-refractivity contribution >= 4 is 17.7 Å². The molecule has 2 saturated heterocycles. The molecule has 108 valence electrons. The molecule has 3 atom stereocenters. The highest BCUT2D eigenvalue weighted by molar-refractivity contribution is 7.99. The molecule has 2 fully saturated rings. The smallest absolute Gasteiger partial charge is 0.307 e. The number of hydrogen-bond donors (Lipinski definition) is 2. The molecule has 0 aliphatic carbocycles. The Labute approximate surface area is 122 Å². The van der Waals surface area contributed by atoms with Crippen LogP contribution in [0, 0.1) is 5.92 Å². The second kappa shape index (κ2) is 6.06. The molecule has 0 saturated carbocycles. The topological polar surface area (TPSA) is 58.6 Å². The molecular formula is C15H19NO3S. The van der Waals surface area contributed by atoms with E-state index in [9.17, 15) is 4.79 Å². The first-order chi connectivity index (χ1) is 9.72. The van der Waals surface area contributed by atoms with Crippen molar-refractivity contribution in [1.82, 2.24) is 5.32 Å². The summed E-state index contributed by atoms with van der Waals surface area (Å²) < 4.78 is 5.98. The standard InChI is InChI=1S/C15H19NO3S/c17-15(18)11-7-14(16-8-11)10-2-1-3-12(6-10)19-13-4-5-20-9-13/h1-3,6,11,13-14,16H,4-5,7-9H2,(H,17,18). The maximum Gasteiger partial charge on any atom is 0.307 e. The molecule has 1 aromatic rings. The Balaban J connectivity index is 1.66. The Hall–Kier alpha value is -1.20. The lowest BCUT2D eigenvalue weighted by Crippen LogP contribution is -2.17. The van der Waals surface area contributed by atoms with E-state index >= 15 is 0 Å². The van der Waals surface area contributed by atoms with Gasteiger partial charge in [0.15, 0.2) is 0 Å². The van der Waals surface area contributed by atoms with Crippen LogP contribution in [0.4, 0.5) is 0 Å². The van der Waals surface area contributed by atoms with Gasteiger partial charge in [0.1, 0.15) is 11.9 Å². The fraction of sp³-hybridized carbons (Fsp3) is 0.533. The van der Waals surface area contributed by atoms with Crippen LogP contribution < -0.4 is 10.1 Å². The zero-order chi connectivity index (χ0) is 13.9. The zero-order valence-electron chi connectivity index (χ0n) is 11.2. The van der Waals surface area contributed by atoms with Crippen LogP contribution in [0.3, 0.4) is 0 Å². The summed E-state index contributed by atoms with van der Waals surface area (Å²) in [5.74, 6) is 2.14. The van der Waals surface area contributed by atoms with Gasteiger partial charge >= 0.3 is 5.97 Å². The number of ether oxygens (including phenoxy) is 1. The minimum Gasteiger partial charge on any atom is -0.490 e. The van der Waals surface area contributed by atoms with E-state index in [1.807, 2.05) is 36.0 Å². The summed E-state index contributed by atoms with van der Waals surface area (Å²) in [6.45, 7) is 0.546. The van der Waals surface area contributed by atoms with E-state index < -0.39 is 5.97 Å². The molecule has 5 heteroatoms. The van der Waals surface area contributed by atoms with Crippen LogP contribution >= 0.6 is 11.8 Å². The first kappa shape index (κ1) is 13.8. The van der Waals surface area contributed by atoms with Gasteiger partial charge in [0.25, 0.3) is 0 Å². The molecule has 2 aliphatic rings. The molecule has 0 radical (unpaired) electrons. The minimum absolute atomic E-state index is 0.123. The maximum atomic E-state index is 11.0. The van der Waals surface area contributed by atoms with Gasteiger partial charge in [-0.25, -0.2) is 0 Å². The summed E-state index contributed by atoms with van der Waals surface area (Å²) in [6.07, 6.45) is 2.08. The number of thioether (sulfide) groups is 1. The molecule has 0 bridgehead atoms. The molecule has 3 rings (SSSR count). The van der Waals surface area contributed by atoms with Gasteiger partial charge in [-0.1, -0.05) is 12.1 Å². The largest absolute Gasteiger partial charge is 0.490 e. The lowest BCUT2D eigenvalue weighted by molar-refractivity contribution is -0.141. The highest BCUT2D eigenvalue weighted by Gasteiger charge is 2.30. The summed E-state index contributed by atoms with van der Waals surface area (Å²) in [4.78, 5) is 11.0. The van der Waals surface area contributed by atoms with E-state index in [0.29, 0.717) is 19.1 Å². The highest BCUT2D eigenvalue weighted by atomic mass is 32.2. The van der Waals surface area contributed by atoms with Crippen LogP contribution in [-0.2, 0) is 4.79 Å². The van der Waals surface area contributed by atoms with E-state index in [-0.39, 0.29) is 12.0 Å². The number of benzene rings is 1. The third-order valence-corrected chi connectivity index (χ3v) is 5.06. The van der Waals surface area contributed by atoms with E-state index in [2.05, 4.69) is 5.32 Å². The van der Waals surface area contributed by atoms with Crippen molar-refractivity contribution in [2.45, 2.75) is 25.0 Å². The number of aliphatic carboxylic acids is 1. The van der Waals surface area contributed by atoms with Crippen molar-refractivity contribution < 1.29 is 14.6 Å². The summed E-state index contributed by atoms with van der Waals surface area (Å²) >= 11 is 1.93. The van der Waals surface area contributed by atoms with Crippen LogP contribution in [0.5, 0.6) is 5.75 Å². The Morgan fingerprint density at radius 3 is 3.05 bits per heavy atom. The quantitative estimate of drug-likeness (QED) is 0.892. The monoisotopic (exact) mass is 293 g/mol. The van der Waals surface area contributed by atoms with Crippen LogP contribution in [0.2, 0.25) is 0 Å². The second-order valence-corrected chi connectivity index (χ2v) is 6.56. The first-order valence-corrected chi connectivity index (χ1v) is 8.18. The minimum atomic E-state index is -0.713. The maximum absolute atomic E-state index is 11.0. The first-order valence-electron chi connectivity index (χ1n) is 7.03. The molecule has 20 heavy (non-hydrogen) atoms. The Kier molecular flexibility index (Phi) is 4.17. The molecule has 3 unspecified atom stereocenters. The lowest BCUT2D eigenvalue weighted by atomic mass is 10.00. The summed E-state index contributed by atoms with van der Waals surface area (Å²) in [5.41, 5.74) is 1.12. The Morgan fingerprint density at radius 2 is 2.35 bits per heavy atom. The number of nitrogens with one attached hydrogen (secondary N) is 1. The van der Waals surface area contributed by atoms with Gasteiger partial charge in [-0.05, 0) is 36.3 Å². The molecule has 4 nitrogen and oxygen atoms in total. The third kappa shape index (κ3) is 3.10. The van der Waals surface area contributed by atoms with Crippen molar-refractivity contribution in [3.05, 3.63) is 29.8 Å². The van der Waals surface area contributed by atoms with Gasteiger partial charge in [0.2, 0.25) is 0 Å². The Morgan fingerprint density at radius 1 is 1.45 bits per heavy atom. The lowest BCUT2D eigenvalue weighted by Gasteiger charge is -2.15. The SMILES string of the molecule is O=C(O)C1CNC(c2cccc(OC3CCSC3)c2)C1. The predicted octanol–water partition coefficient (Wildman–Crippen LogP) is 2.31. The van der Waals surface area contributed by atoms with Crippen LogP contribution in [-0.4, -0.2) is 35.2 Å². The van der Waals surface area contributed by atoms with Gasteiger partial charge in [0, 0.05) is 18.3 Å². The van der Waals surface area contributed by atoms with Crippen molar-refractivity contribution in [3.63, 3.8) is 0 Å². The summed E-state index contributed by atoms with van der Waals surface area (Å²) in [5, 5.41) is 12.3. The Bertz CT molecular complexity index is 488. The van der Waals surface area contributed by atoms with Crippen LogP contribution in [0.25, 0.3) is 0 Å². The molecule has 2 N–H and O–H groups in total. The number of hydrogen-bond acceptors (Lipinski definition) is 4. The van der Waals surface area contributed by atoms with Crippen LogP contribution in [0.15, 0.2) is 24.3 Å². The van der Waals surface area contributed by atoms with E-state index in [0.717, 1.165) is 23.5 Å². The molecule has 1 aromatic carbocycles. The van der Waals surface area contributed by atoms with Gasteiger partial charge in [-0.15, -0.1) is 0 Å². The van der Waals surface area contributed by atoms with Gasteiger partial charge in [-0.2, -0.15) is 11.8 Å². The van der Waals surface area contributed by atoms with Crippen LogP contribution in [0.1, 0.15) is 24.4 Å². The van der Waals surface area contributed by atoms with E-state index in [4.69, 9.17) is 9.84 Å². The number of carboxylic acids is 1. The average molecular weight is 293 g/mol. The summed E-state index contributed by atoms with van der Waals surface area (Å²) in [7, 11) is 0. The molecule has 2 aliphatic heterocycles. The molecule has 2 heterocycles. The highest BCUT2D eigenvalue weighted by Crippen LogP contribution is 2.30. The van der Waals surface area contributed by atoms with Gasteiger partial charge in [-0.3, -0.25) is 4.79 Å². The van der Waals surface area contributed by atoms with Crippen molar-refractivity contribution in [3.8, 4) is 5.75 Å². The fourth-order valence-electron chi connectivity index (χ4n) is 2.78. The van der Waals surface area contributed by atoms with E-state index in [1.165, 1.54) is 5.75 Å². The van der Waals surface area contributed by atoms with E-state index in [1.54, 1.807) is 0 Å². The number of carbonyl (C=O) groups is 1. The van der Waals surface area contributed by atoms with Gasteiger partial charge < -0.3 is 15.2 Å². The molecule has 0 aromatic heterocycles. The van der Waals surface area contributed by atoms with Crippen molar-refractivity contribution in [1.29, 1.82) is 0 Å².